The lowest BCUT2D eigenvalue weighted by molar-refractivity contribution is -0.184. The Bertz CT molecular complexity index is 548. The Morgan fingerprint density at radius 3 is 2.58 bits per heavy atom. The Kier molecular flexibility index (Phi) is 7.50. The Hall–Kier alpha value is -1.80. The van der Waals surface area contributed by atoms with Crippen molar-refractivity contribution in [3.05, 3.63) is 23.8 Å². The fourth-order valence-electron chi connectivity index (χ4n) is 1.72. The van der Waals surface area contributed by atoms with Gasteiger partial charge in [-0.25, -0.2) is 0 Å². The van der Waals surface area contributed by atoms with Crippen molar-refractivity contribution < 1.29 is 27.4 Å². The van der Waals surface area contributed by atoms with E-state index < -0.39 is 24.8 Å². The highest BCUT2D eigenvalue weighted by Crippen LogP contribution is 2.26. The van der Waals surface area contributed by atoms with Crippen molar-refractivity contribution >= 4 is 11.6 Å². The number of halogens is 3. The number of hydrogen-bond donors (Lipinski definition) is 1. The lowest BCUT2D eigenvalue weighted by Crippen LogP contribution is -2.31. The maximum Gasteiger partial charge on any atom is 0.411 e. The average Bonchev–Trinajstić information content (AvgIpc) is 2.46. The number of nitrogens with zero attached hydrogens (tertiary/aromatic N) is 1. The molecule has 1 N–H and O–H groups in total. The van der Waals surface area contributed by atoms with E-state index in [1.165, 1.54) is 6.92 Å². The molecule has 136 valence electrons. The summed E-state index contributed by atoms with van der Waals surface area (Å²) in [5, 5.41) is 2.54. The van der Waals surface area contributed by atoms with Crippen molar-refractivity contribution in [2.24, 2.45) is 0 Å². The third kappa shape index (κ3) is 7.65. The van der Waals surface area contributed by atoms with Crippen LogP contribution in [0.1, 0.15) is 12.5 Å². The van der Waals surface area contributed by atoms with Gasteiger partial charge in [-0.1, -0.05) is 6.07 Å². The Labute approximate surface area is 139 Å². The first-order chi connectivity index (χ1) is 11.1. The molecule has 0 saturated carbocycles. The van der Waals surface area contributed by atoms with Crippen molar-refractivity contribution in [3.8, 4) is 5.75 Å². The summed E-state index contributed by atoms with van der Waals surface area (Å²) in [5.41, 5.74) is 1.33. The van der Waals surface area contributed by atoms with Crippen LogP contribution >= 0.6 is 0 Å². The van der Waals surface area contributed by atoms with E-state index in [2.05, 4.69) is 10.1 Å². The van der Waals surface area contributed by atoms with E-state index in [0.717, 1.165) is 5.56 Å². The van der Waals surface area contributed by atoms with Crippen LogP contribution in [0.5, 0.6) is 5.75 Å². The van der Waals surface area contributed by atoms with Crippen LogP contribution in [0.4, 0.5) is 18.9 Å². The SMILES string of the molecule is Cc1ccc(NC(=O)[C@@H](C)OCC(F)(F)F)c(OCCN(C)C)c1. The summed E-state index contributed by atoms with van der Waals surface area (Å²) in [6, 6.07) is 5.18. The zero-order valence-electron chi connectivity index (χ0n) is 14.2. The molecule has 1 rings (SSSR count). The zero-order valence-corrected chi connectivity index (χ0v) is 14.2. The molecule has 1 atom stereocenters. The van der Waals surface area contributed by atoms with Gasteiger partial charge in [0.15, 0.2) is 0 Å². The minimum absolute atomic E-state index is 0.395. The predicted molar refractivity (Wildman–Crippen MR) is 85.3 cm³/mol. The van der Waals surface area contributed by atoms with Crippen LogP contribution in [-0.2, 0) is 9.53 Å². The maximum atomic E-state index is 12.1. The summed E-state index contributed by atoms with van der Waals surface area (Å²) in [7, 11) is 3.81. The number of anilines is 1. The number of ether oxygens (including phenoxy) is 2. The monoisotopic (exact) mass is 348 g/mol. The number of likely N-dealkylation sites (N-methyl/N-ethyl adjacent to an activating group) is 1. The van der Waals surface area contributed by atoms with Gasteiger partial charge < -0.3 is 19.7 Å². The second kappa shape index (κ2) is 8.89. The van der Waals surface area contributed by atoms with E-state index in [1.807, 2.05) is 25.9 Å². The van der Waals surface area contributed by atoms with Crippen LogP contribution in [0.3, 0.4) is 0 Å². The van der Waals surface area contributed by atoms with E-state index >= 15 is 0 Å². The standard InChI is InChI=1S/C16H23F3N2O3/c1-11-5-6-13(14(9-11)23-8-7-21(3)4)20-15(22)12(2)24-10-16(17,18)19/h5-6,9,12H,7-8,10H2,1-4H3,(H,20,22)/t12-/m1/s1. The summed E-state index contributed by atoms with van der Waals surface area (Å²) < 4.78 is 46.6. The molecule has 0 bridgehead atoms. The summed E-state index contributed by atoms with van der Waals surface area (Å²) in [6.45, 7) is 2.77. The molecule has 0 aromatic heterocycles. The molecule has 1 aromatic carbocycles. The number of nitrogens with one attached hydrogen (secondary N) is 1. The van der Waals surface area contributed by atoms with E-state index in [-0.39, 0.29) is 0 Å². The van der Waals surface area contributed by atoms with Gasteiger partial charge in [0.25, 0.3) is 5.91 Å². The van der Waals surface area contributed by atoms with Gasteiger partial charge in [0.1, 0.15) is 25.1 Å². The molecule has 0 aliphatic heterocycles. The number of alkyl halides is 3. The topological polar surface area (TPSA) is 50.8 Å². The third-order valence-corrected chi connectivity index (χ3v) is 3.06. The zero-order chi connectivity index (χ0) is 18.3. The highest BCUT2D eigenvalue weighted by Gasteiger charge is 2.30. The average molecular weight is 348 g/mol. The van der Waals surface area contributed by atoms with Crippen molar-refractivity contribution in [3.63, 3.8) is 0 Å². The molecule has 0 aliphatic carbocycles. The number of carbonyl (C=O) groups is 1. The minimum atomic E-state index is -4.47. The Balaban J connectivity index is 2.69. The molecular weight excluding hydrogens is 325 g/mol. The number of aryl methyl sites for hydroxylation is 1. The molecule has 0 radical (unpaired) electrons. The second-order valence-corrected chi connectivity index (χ2v) is 5.71. The smallest absolute Gasteiger partial charge is 0.411 e. The predicted octanol–water partition coefficient (Wildman–Crippen LogP) is 2.84. The molecule has 0 aliphatic rings. The van der Waals surface area contributed by atoms with Crippen LogP contribution in [0.15, 0.2) is 18.2 Å². The highest BCUT2D eigenvalue weighted by molar-refractivity contribution is 5.95. The van der Waals surface area contributed by atoms with Crippen molar-refractivity contribution in [2.75, 3.05) is 39.2 Å². The van der Waals surface area contributed by atoms with Crippen molar-refractivity contribution in [2.45, 2.75) is 26.1 Å². The molecule has 8 heteroatoms. The number of rotatable bonds is 8. The van der Waals surface area contributed by atoms with Crippen LogP contribution < -0.4 is 10.1 Å². The van der Waals surface area contributed by atoms with Crippen molar-refractivity contribution in [1.82, 2.24) is 4.90 Å². The van der Waals surface area contributed by atoms with E-state index in [1.54, 1.807) is 18.2 Å². The number of benzene rings is 1. The third-order valence-electron chi connectivity index (χ3n) is 3.06. The van der Waals surface area contributed by atoms with Gasteiger partial charge in [-0.15, -0.1) is 0 Å². The molecular formula is C16H23F3N2O3. The molecule has 1 amide bonds. The second-order valence-electron chi connectivity index (χ2n) is 5.71. The van der Waals surface area contributed by atoms with Gasteiger partial charge in [0.2, 0.25) is 0 Å². The minimum Gasteiger partial charge on any atom is -0.490 e. The molecule has 0 unspecified atom stereocenters. The summed E-state index contributed by atoms with van der Waals surface area (Å²) in [6.07, 6.45) is -5.71. The van der Waals surface area contributed by atoms with E-state index in [0.29, 0.717) is 24.6 Å². The van der Waals surface area contributed by atoms with Crippen LogP contribution in [0.2, 0.25) is 0 Å². The van der Waals surface area contributed by atoms with Crippen LogP contribution in [0.25, 0.3) is 0 Å². The van der Waals surface area contributed by atoms with E-state index in [9.17, 15) is 18.0 Å². The van der Waals surface area contributed by atoms with Crippen LogP contribution in [-0.4, -0.2) is 56.9 Å². The lowest BCUT2D eigenvalue weighted by atomic mass is 10.2. The Morgan fingerprint density at radius 1 is 1.33 bits per heavy atom. The number of amides is 1. The number of carbonyl (C=O) groups excluding carboxylic acids is 1. The molecule has 5 nitrogen and oxygen atoms in total. The normalized spacial score (nSPS) is 13.0. The molecule has 24 heavy (non-hydrogen) atoms. The summed E-state index contributed by atoms with van der Waals surface area (Å²) in [5.74, 6) is -0.200. The largest absolute Gasteiger partial charge is 0.490 e. The first-order valence-corrected chi connectivity index (χ1v) is 7.46. The number of hydrogen-bond acceptors (Lipinski definition) is 4. The van der Waals surface area contributed by atoms with Gasteiger partial charge in [-0.2, -0.15) is 13.2 Å². The highest BCUT2D eigenvalue weighted by atomic mass is 19.4. The molecule has 0 heterocycles. The molecule has 0 spiro atoms. The molecule has 0 fully saturated rings. The maximum absolute atomic E-state index is 12.1. The van der Waals surface area contributed by atoms with Gasteiger partial charge in [0.05, 0.1) is 5.69 Å². The summed E-state index contributed by atoms with van der Waals surface area (Å²) >= 11 is 0. The molecule has 1 aromatic rings. The van der Waals surface area contributed by atoms with Gasteiger partial charge >= 0.3 is 6.18 Å². The Morgan fingerprint density at radius 2 is 2.00 bits per heavy atom. The fraction of sp³-hybridized carbons (Fsp3) is 0.562. The lowest BCUT2D eigenvalue weighted by Gasteiger charge is -2.18. The van der Waals surface area contributed by atoms with E-state index in [4.69, 9.17) is 4.74 Å². The first-order valence-electron chi connectivity index (χ1n) is 7.46. The van der Waals surface area contributed by atoms with Crippen LogP contribution in [0, 0.1) is 6.92 Å². The summed E-state index contributed by atoms with van der Waals surface area (Å²) in [4.78, 5) is 13.9. The first kappa shape index (κ1) is 20.2. The quantitative estimate of drug-likeness (QED) is 0.785. The fourth-order valence-corrected chi connectivity index (χ4v) is 1.72. The van der Waals surface area contributed by atoms with Gasteiger partial charge in [-0.3, -0.25) is 4.79 Å². The van der Waals surface area contributed by atoms with Crippen molar-refractivity contribution in [1.29, 1.82) is 0 Å². The molecule has 0 saturated heterocycles. The van der Waals surface area contributed by atoms with Gasteiger partial charge in [-0.05, 0) is 45.6 Å². The van der Waals surface area contributed by atoms with Gasteiger partial charge in [0, 0.05) is 6.54 Å².